The molecule has 0 radical (unpaired) electrons. The van der Waals surface area contributed by atoms with E-state index in [4.69, 9.17) is 0 Å². The second kappa shape index (κ2) is 4.97. The number of hydrogen-bond acceptors (Lipinski definition) is 2. The van der Waals surface area contributed by atoms with Crippen LogP contribution in [0.2, 0.25) is 0 Å². The number of nitrogens with one attached hydrogen (secondary N) is 1. The third kappa shape index (κ3) is 2.01. The smallest absolute Gasteiger partial charge is 0.125 e. The number of hydrogen-bond donors (Lipinski definition) is 2. The third-order valence-electron chi connectivity index (χ3n) is 4.57. The third-order valence-corrected chi connectivity index (χ3v) is 4.57. The molecule has 0 bridgehead atoms. The molecule has 2 aromatic rings. The van der Waals surface area contributed by atoms with Gasteiger partial charge < -0.3 is 5.11 Å². The first-order valence-corrected chi connectivity index (χ1v) is 7.46. The van der Waals surface area contributed by atoms with Crippen molar-refractivity contribution in [2.75, 3.05) is 0 Å². The Balaban J connectivity index is 2.14. The van der Waals surface area contributed by atoms with Gasteiger partial charge in [0.25, 0.3) is 0 Å². The molecule has 0 fully saturated rings. The highest BCUT2D eigenvalue weighted by Crippen LogP contribution is 2.45. The number of phenols is 1. The van der Waals surface area contributed by atoms with Crippen molar-refractivity contribution in [2.24, 2.45) is 5.92 Å². The molecule has 20 heavy (non-hydrogen) atoms. The average Bonchev–Trinajstić information content (AvgIpc) is 2.84. The number of rotatable bonds is 2. The first kappa shape index (κ1) is 13.2. The van der Waals surface area contributed by atoms with Crippen molar-refractivity contribution in [1.29, 1.82) is 0 Å². The monoisotopic (exact) mass is 270 g/mol. The van der Waals surface area contributed by atoms with Gasteiger partial charge in [-0.3, -0.25) is 5.10 Å². The highest BCUT2D eigenvalue weighted by Gasteiger charge is 2.32. The van der Waals surface area contributed by atoms with Gasteiger partial charge in [0.05, 0.1) is 5.69 Å². The zero-order valence-corrected chi connectivity index (χ0v) is 12.4. The van der Waals surface area contributed by atoms with Gasteiger partial charge in [-0.15, -0.1) is 0 Å². The summed E-state index contributed by atoms with van der Waals surface area (Å²) in [7, 11) is 0. The van der Waals surface area contributed by atoms with Crippen molar-refractivity contribution in [3.63, 3.8) is 0 Å². The molecule has 0 aliphatic heterocycles. The van der Waals surface area contributed by atoms with Crippen LogP contribution in [0.3, 0.4) is 0 Å². The van der Waals surface area contributed by atoms with Crippen LogP contribution in [0.1, 0.15) is 56.7 Å². The van der Waals surface area contributed by atoms with E-state index < -0.39 is 0 Å². The van der Waals surface area contributed by atoms with Crippen LogP contribution in [-0.4, -0.2) is 15.3 Å². The van der Waals surface area contributed by atoms with Crippen LogP contribution >= 0.6 is 0 Å². The molecule has 0 saturated heterocycles. The molecule has 0 amide bonds. The Hall–Kier alpha value is -1.77. The number of fused-ring (bicyclic) bond motifs is 1. The average molecular weight is 270 g/mol. The van der Waals surface area contributed by atoms with Gasteiger partial charge >= 0.3 is 0 Å². The molecule has 1 aromatic heterocycles. The van der Waals surface area contributed by atoms with Gasteiger partial charge in [-0.25, -0.2) is 0 Å². The Labute approximate surface area is 120 Å². The van der Waals surface area contributed by atoms with E-state index in [1.807, 2.05) is 18.2 Å². The van der Waals surface area contributed by atoms with Crippen LogP contribution < -0.4 is 0 Å². The first-order valence-electron chi connectivity index (χ1n) is 7.46. The van der Waals surface area contributed by atoms with Gasteiger partial charge in [0.15, 0.2) is 0 Å². The number of benzene rings is 1. The van der Waals surface area contributed by atoms with E-state index in [-0.39, 0.29) is 0 Å². The lowest BCUT2D eigenvalue weighted by Gasteiger charge is -2.29. The largest absolute Gasteiger partial charge is 0.507 e. The number of aromatic hydroxyl groups is 1. The molecule has 0 saturated carbocycles. The second-order valence-electron chi connectivity index (χ2n) is 6.25. The van der Waals surface area contributed by atoms with Gasteiger partial charge in [-0.05, 0) is 36.8 Å². The van der Waals surface area contributed by atoms with Gasteiger partial charge in [0.2, 0.25) is 0 Å². The van der Waals surface area contributed by atoms with Gasteiger partial charge in [-0.2, -0.15) is 5.10 Å². The number of para-hydroxylation sites is 1. The Morgan fingerprint density at radius 1 is 1.25 bits per heavy atom. The lowest BCUT2D eigenvalue weighted by Crippen LogP contribution is -2.16. The summed E-state index contributed by atoms with van der Waals surface area (Å²) in [5.74, 6) is 1.96. The number of aromatic amines is 1. The maximum absolute atomic E-state index is 10.1. The van der Waals surface area contributed by atoms with Crippen molar-refractivity contribution in [2.45, 2.75) is 45.4 Å². The summed E-state index contributed by atoms with van der Waals surface area (Å²) < 4.78 is 0. The maximum Gasteiger partial charge on any atom is 0.125 e. The Bertz CT molecular complexity index is 615. The SMILES string of the molecule is CC1CCC(C(C)C)c2[nH]nc(-c3ccccc3O)c21. The van der Waals surface area contributed by atoms with Crippen molar-refractivity contribution in [3.8, 4) is 17.0 Å². The van der Waals surface area contributed by atoms with Crippen molar-refractivity contribution >= 4 is 0 Å². The minimum Gasteiger partial charge on any atom is -0.507 e. The van der Waals surface area contributed by atoms with Gasteiger partial charge in [-0.1, -0.05) is 32.9 Å². The fraction of sp³-hybridized carbons (Fsp3) is 0.471. The molecule has 1 aliphatic carbocycles. The lowest BCUT2D eigenvalue weighted by atomic mass is 9.75. The highest BCUT2D eigenvalue weighted by atomic mass is 16.3. The molecule has 3 nitrogen and oxygen atoms in total. The number of H-pyrrole nitrogens is 1. The normalized spacial score (nSPS) is 22.0. The van der Waals surface area contributed by atoms with E-state index in [0.29, 0.717) is 23.5 Å². The summed E-state index contributed by atoms with van der Waals surface area (Å²) >= 11 is 0. The zero-order chi connectivity index (χ0) is 14.3. The molecule has 106 valence electrons. The minimum atomic E-state index is 0.306. The van der Waals surface area contributed by atoms with Crippen LogP contribution in [0.4, 0.5) is 0 Å². The topological polar surface area (TPSA) is 48.9 Å². The van der Waals surface area contributed by atoms with Crippen molar-refractivity contribution in [3.05, 3.63) is 35.5 Å². The van der Waals surface area contributed by atoms with Crippen LogP contribution in [0.25, 0.3) is 11.3 Å². The van der Waals surface area contributed by atoms with Crippen LogP contribution in [0.15, 0.2) is 24.3 Å². The molecular weight excluding hydrogens is 248 g/mol. The quantitative estimate of drug-likeness (QED) is 0.848. The molecular formula is C17H22N2O. The Kier molecular flexibility index (Phi) is 3.28. The minimum absolute atomic E-state index is 0.306. The van der Waals surface area contributed by atoms with E-state index in [1.54, 1.807) is 6.07 Å². The van der Waals surface area contributed by atoms with E-state index in [1.165, 1.54) is 24.1 Å². The molecule has 1 aromatic carbocycles. The van der Waals surface area contributed by atoms with E-state index in [9.17, 15) is 5.11 Å². The maximum atomic E-state index is 10.1. The summed E-state index contributed by atoms with van der Waals surface area (Å²) in [6.45, 7) is 6.80. The molecule has 2 unspecified atom stereocenters. The fourth-order valence-electron chi connectivity index (χ4n) is 3.41. The number of phenolic OH excluding ortho intramolecular Hbond substituents is 1. The summed E-state index contributed by atoms with van der Waals surface area (Å²) in [4.78, 5) is 0. The fourth-order valence-corrected chi connectivity index (χ4v) is 3.41. The van der Waals surface area contributed by atoms with Crippen molar-refractivity contribution < 1.29 is 5.11 Å². The predicted octanol–water partition coefficient (Wildman–Crippen LogP) is 4.42. The van der Waals surface area contributed by atoms with Crippen LogP contribution in [0, 0.1) is 5.92 Å². The molecule has 0 spiro atoms. The molecule has 1 heterocycles. The van der Waals surface area contributed by atoms with Gasteiger partial charge in [0.1, 0.15) is 5.75 Å². The second-order valence-corrected chi connectivity index (χ2v) is 6.25. The molecule has 3 rings (SSSR count). The summed E-state index contributed by atoms with van der Waals surface area (Å²) in [5.41, 5.74) is 4.34. The summed E-state index contributed by atoms with van der Waals surface area (Å²) in [6, 6.07) is 7.46. The predicted molar refractivity (Wildman–Crippen MR) is 80.9 cm³/mol. The molecule has 2 N–H and O–H groups in total. The zero-order valence-electron chi connectivity index (χ0n) is 12.4. The van der Waals surface area contributed by atoms with E-state index in [2.05, 4.69) is 31.0 Å². The van der Waals surface area contributed by atoms with E-state index >= 15 is 0 Å². The van der Waals surface area contributed by atoms with E-state index in [0.717, 1.165) is 11.3 Å². The Morgan fingerprint density at radius 2 is 2.00 bits per heavy atom. The van der Waals surface area contributed by atoms with Crippen LogP contribution in [0.5, 0.6) is 5.75 Å². The number of aromatic nitrogens is 2. The molecule has 3 heteroatoms. The molecule has 1 aliphatic rings. The first-order chi connectivity index (χ1) is 9.59. The molecule has 2 atom stereocenters. The summed E-state index contributed by atoms with van der Waals surface area (Å²) in [5, 5.41) is 17.9. The van der Waals surface area contributed by atoms with Crippen LogP contribution in [-0.2, 0) is 0 Å². The lowest BCUT2D eigenvalue weighted by molar-refractivity contribution is 0.403. The van der Waals surface area contributed by atoms with Gasteiger partial charge in [0, 0.05) is 22.7 Å². The highest BCUT2D eigenvalue weighted by molar-refractivity contribution is 5.71. The number of nitrogens with zero attached hydrogens (tertiary/aromatic N) is 1. The summed E-state index contributed by atoms with van der Waals surface area (Å²) in [6.07, 6.45) is 2.41. The van der Waals surface area contributed by atoms with Crippen molar-refractivity contribution in [1.82, 2.24) is 10.2 Å². The standard InChI is InChI=1S/C17H22N2O/c1-10(2)12-9-8-11(3)15-16(12)18-19-17(15)13-6-4-5-7-14(13)20/h4-7,10-12,20H,8-9H2,1-3H3,(H,18,19). The Morgan fingerprint density at radius 3 is 2.70 bits per heavy atom.